The van der Waals surface area contributed by atoms with Crippen LogP contribution >= 0.6 is 0 Å². The molecule has 3 N–H and O–H groups in total. The number of nitrogens with one attached hydrogen (secondary N) is 1. The summed E-state index contributed by atoms with van der Waals surface area (Å²) in [7, 11) is 5.41. The fourth-order valence-corrected chi connectivity index (χ4v) is 2.05. The molecule has 0 fully saturated rings. The van der Waals surface area contributed by atoms with Crippen LogP contribution in [0.25, 0.3) is 0 Å². The summed E-state index contributed by atoms with van der Waals surface area (Å²) in [6.45, 7) is 2.37. The average Bonchev–Trinajstić information content (AvgIpc) is 2.75. The lowest BCUT2D eigenvalue weighted by atomic mass is 9.99. The van der Waals surface area contributed by atoms with E-state index in [1.807, 2.05) is 32.1 Å². The standard InChI is InChI=1S/C12H23N5O/c1-5-10(13)12(9-6-15-17(4)7-9)16(3)8-11(18)14-2/h6-7,10,12H,5,8,13H2,1-4H3,(H,14,18). The monoisotopic (exact) mass is 253 g/mol. The van der Waals surface area contributed by atoms with Gasteiger partial charge < -0.3 is 11.1 Å². The molecule has 0 bridgehead atoms. The average molecular weight is 253 g/mol. The minimum atomic E-state index is -0.0242. The summed E-state index contributed by atoms with van der Waals surface area (Å²) >= 11 is 0. The van der Waals surface area contributed by atoms with Crippen LogP contribution in [0.2, 0.25) is 0 Å². The number of carbonyl (C=O) groups excluding carboxylic acids is 1. The van der Waals surface area contributed by atoms with Gasteiger partial charge in [0.15, 0.2) is 0 Å². The molecule has 6 nitrogen and oxygen atoms in total. The predicted octanol–water partition coefficient (Wildman–Crippen LogP) is -0.124. The molecule has 1 heterocycles. The highest BCUT2D eigenvalue weighted by Gasteiger charge is 2.25. The van der Waals surface area contributed by atoms with Crippen molar-refractivity contribution in [3.8, 4) is 0 Å². The minimum Gasteiger partial charge on any atom is -0.358 e. The summed E-state index contributed by atoms with van der Waals surface area (Å²) in [6.07, 6.45) is 4.60. The van der Waals surface area contributed by atoms with Crippen molar-refractivity contribution >= 4 is 5.91 Å². The normalized spacial score (nSPS) is 14.6. The summed E-state index contributed by atoms with van der Waals surface area (Å²) in [4.78, 5) is 13.4. The highest BCUT2D eigenvalue weighted by molar-refractivity contribution is 5.77. The Morgan fingerprint density at radius 1 is 1.67 bits per heavy atom. The summed E-state index contributed by atoms with van der Waals surface area (Å²) in [5.74, 6) is -0.0188. The Morgan fingerprint density at radius 3 is 2.78 bits per heavy atom. The van der Waals surface area contributed by atoms with Gasteiger partial charge >= 0.3 is 0 Å². The molecule has 2 atom stereocenters. The van der Waals surface area contributed by atoms with Gasteiger partial charge in [-0.2, -0.15) is 5.10 Å². The van der Waals surface area contributed by atoms with Crippen molar-refractivity contribution in [3.63, 3.8) is 0 Å². The van der Waals surface area contributed by atoms with E-state index in [0.29, 0.717) is 6.54 Å². The second-order valence-electron chi connectivity index (χ2n) is 4.55. The summed E-state index contributed by atoms with van der Waals surface area (Å²) in [6, 6.07) is -0.0233. The molecule has 0 aliphatic heterocycles. The Morgan fingerprint density at radius 2 is 2.33 bits per heavy atom. The number of hydrogen-bond acceptors (Lipinski definition) is 4. The Labute approximate surface area is 108 Å². The molecule has 0 saturated heterocycles. The van der Waals surface area contributed by atoms with Crippen molar-refractivity contribution in [1.82, 2.24) is 20.0 Å². The van der Waals surface area contributed by atoms with Crippen LogP contribution in [0.4, 0.5) is 0 Å². The molecule has 1 amide bonds. The van der Waals surface area contributed by atoms with Gasteiger partial charge in [0.25, 0.3) is 0 Å². The molecule has 0 aromatic carbocycles. The van der Waals surface area contributed by atoms with Crippen molar-refractivity contribution in [1.29, 1.82) is 0 Å². The second kappa shape index (κ2) is 6.51. The fraction of sp³-hybridized carbons (Fsp3) is 0.667. The fourth-order valence-electron chi connectivity index (χ4n) is 2.05. The van der Waals surface area contributed by atoms with Crippen LogP contribution in [0.15, 0.2) is 12.4 Å². The molecule has 1 aromatic rings. The van der Waals surface area contributed by atoms with E-state index < -0.39 is 0 Å². The van der Waals surface area contributed by atoms with Gasteiger partial charge in [0.1, 0.15) is 0 Å². The van der Waals surface area contributed by atoms with Gasteiger partial charge in [-0.15, -0.1) is 0 Å². The molecule has 0 saturated carbocycles. The van der Waals surface area contributed by atoms with Gasteiger partial charge in [-0.05, 0) is 13.5 Å². The number of carbonyl (C=O) groups is 1. The number of nitrogens with zero attached hydrogens (tertiary/aromatic N) is 3. The van der Waals surface area contributed by atoms with Crippen LogP contribution < -0.4 is 11.1 Å². The number of amides is 1. The Bertz CT molecular complexity index is 390. The van der Waals surface area contributed by atoms with E-state index in [2.05, 4.69) is 10.4 Å². The van der Waals surface area contributed by atoms with E-state index in [1.54, 1.807) is 17.9 Å². The first-order valence-corrected chi connectivity index (χ1v) is 6.14. The number of aryl methyl sites for hydroxylation is 1. The number of likely N-dealkylation sites (N-methyl/N-ethyl adjacent to an activating group) is 2. The first kappa shape index (κ1) is 14.7. The molecule has 0 aliphatic rings. The summed E-state index contributed by atoms with van der Waals surface area (Å²) in [5, 5.41) is 6.79. The van der Waals surface area contributed by atoms with Crippen LogP contribution in [-0.4, -0.2) is 47.3 Å². The molecule has 102 valence electrons. The maximum Gasteiger partial charge on any atom is 0.233 e. The zero-order valence-electron chi connectivity index (χ0n) is 11.6. The third-order valence-electron chi connectivity index (χ3n) is 3.09. The molecule has 2 unspecified atom stereocenters. The lowest BCUT2D eigenvalue weighted by Gasteiger charge is -2.31. The smallest absolute Gasteiger partial charge is 0.233 e. The zero-order valence-corrected chi connectivity index (χ0v) is 11.6. The van der Waals surface area contributed by atoms with Crippen molar-refractivity contribution < 1.29 is 4.79 Å². The van der Waals surface area contributed by atoms with Gasteiger partial charge in [0.2, 0.25) is 5.91 Å². The zero-order chi connectivity index (χ0) is 13.7. The molecule has 0 spiro atoms. The van der Waals surface area contributed by atoms with Crippen molar-refractivity contribution in [2.24, 2.45) is 12.8 Å². The van der Waals surface area contributed by atoms with E-state index >= 15 is 0 Å². The van der Waals surface area contributed by atoms with Gasteiger partial charge in [-0.3, -0.25) is 14.4 Å². The molecular formula is C12H23N5O. The van der Waals surface area contributed by atoms with E-state index in [4.69, 9.17) is 5.73 Å². The second-order valence-corrected chi connectivity index (χ2v) is 4.55. The SMILES string of the molecule is CCC(N)C(c1cnn(C)c1)N(C)CC(=O)NC. The Kier molecular flexibility index (Phi) is 5.30. The van der Waals surface area contributed by atoms with Crippen LogP contribution in [-0.2, 0) is 11.8 Å². The maximum atomic E-state index is 11.5. The van der Waals surface area contributed by atoms with E-state index in [0.717, 1.165) is 12.0 Å². The van der Waals surface area contributed by atoms with Crippen molar-refractivity contribution in [2.75, 3.05) is 20.6 Å². The maximum absolute atomic E-state index is 11.5. The molecule has 1 rings (SSSR count). The quantitative estimate of drug-likeness (QED) is 0.741. The molecule has 0 radical (unpaired) electrons. The van der Waals surface area contributed by atoms with Gasteiger partial charge in [-0.25, -0.2) is 0 Å². The van der Waals surface area contributed by atoms with Crippen molar-refractivity contribution in [3.05, 3.63) is 18.0 Å². The highest BCUT2D eigenvalue weighted by atomic mass is 16.1. The molecule has 18 heavy (non-hydrogen) atoms. The first-order chi connectivity index (χ1) is 8.49. The van der Waals surface area contributed by atoms with Gasteiger partial charge in [0, 0.05) is 31.9 Å². The third-order valence-corrected chi connectivity index (χ3v) is 3.09. The Hall–Kier alpha value is -1.40. The molecule has 6 heteroatoms. The highest BCUT2D eigenvalue weighted by Crippen LogP contribution is 2.23. The van der Waals surface area contributed by atoms with Crippen LogP contribution in [0, 0.1) is 0 Å². The van der Waals surface area contributed by atoms with E-state index in [-0.39, 0.29) is 18.0 Å². The number of rotatable bonds is 6. The third kappa shape index (κ3) is 3.54. The van der Waals surface area contributed by atoms with Crippen LogP contribution in [0.5, 0.6) is 0 Å². The lowest BCUT2D eigenvalue weighted by molar-refractivity contribution is -0.122. The Balaban J connectivity index is 2.88. The summed E-state index contributed by atoms with van der Waals surface area (Å²) < 4.78 is 1.75. The van der Waals surface area contributed by atoms with Gasteiger partial charge in [0.05, 0.1) is 18.8 Å². The number of nitrogens with two attached hydrogens (primary N) is 1. The number of hydrogen-bond donors (Lipinski definition) is 2. The van der Waals surface area contributed by atoms with Gasteiger partial charge in [-0.1, -0.05) is 6.92 Å². The van der Waals surface area contributed by atoms with E-state index in [9.17, 15) is 4.79 Å². The minimum absolute atomic E-state index is 0.000926. The molecule has 1 aromatic heterocycles. The van der Waals surface area contributed by atoms with E-state index in [1.165, 1.54) is 0 Å². The topological polar surface area (TPSA) is 76.2 Å². The molecular weight excluding hydrogens is 230 g/mol. The molecule has 0 aliphatic carbocycles. The lowest BCUT2D eigenvalue weighted by Crippen LogP contribution is -2.43. The first-order valence-electron chi connectivity index (χ1n) is 6.14. The van der Waals surface area contributed by atoms with Crippen molar-refractivity contribution in [2.45, 2.75) is 25.4 Å². The summed E-state index contributed by atoms with van der Waals surface area (Å²) in [5.41, 5.74) is 7.21. The predicted molar refractivity (Wildman–Crippen MR) is 70.9 cm³/mol. The largest absolute Gasteiger partial charge is 0.358 e. The van der Waals surface area contributed by atoms with Crippen LogP contribution in [0.3, 0.4) is 0 Å². The number of aromatic nitrogens is 2. The van der Waals surface area contributed by atoms with Crippen LogP contribution in [0.1, 0.15) is 24.9 Å².